The number of ether oxygens (including phenoxy) is 1. The van der Waals surface area contributed by atoms with Crippen molar-refractivity contribution >= 4 is 5.78 Å². The second kappa shape index (κ2) is 3.81. The molecule has 1 aliphatic carbocycles. The Morgan fingerprint density at radius 1 is 1.57 bits per heavy atom. The second-order valence-corrected chi connectivity index (χ2v) is 3.54. The van der Waals surface area contributed by atoms with Crippen molar-refractivity contribution in [2.24, 2.45) is 0 Å². The molecule has 2 rings (SSSR count). The zero-order chi connectivity index (χ0) is 9.97. The monoisotopic (exact) mass is 192 g/mol. The molecule has 4 heteroatoms. The molecule has 1 unspecified atom stereocenters. The summed E-state index contributed by atoms with van der Waals surface area (Å²) in [5.41, 5.74) is 1.07. The summed E-state index contributed by atoms with van der Waals surface area (Å²) < 4.78 is 5.23. The highest BCUT2D eigenvalue weighted by atomic mass is 16.5. The number of nitriles is 1. The highest BCUT2D eigenvalue weighted by molar-refractivity contribution is 5.92. The predicted octanol–water partition coefficient (Wildman–Crippen LogP) is 0.458. The van der Waals surface area contributed by atoms with Gasteiger partial charge in [-0.05, 0) is 6.42 Å². The largest absolute Gasteiger partial charge is 0.369 e. The molecular formula is C10H12N2O2. The highest BCUT2D eigenvalue weighted by Crippen LogP contribution is 2.21. The smallest absolute Gasteiger partial charge is 0.161 e. The Bertz CT molecular complexity index is 317. The number of hydrogen-bond acceptors (Lipinski definition) is 4. The van der Waals surface area contributed by atoms with E-state index in [1.807, 2.05) is 0 Å². The Kier molecular flexibility index (Phi) is 2.51. The van der Waals surface area contributed by atoms with Crippen LogP contribution in [-0.4, -0.2) is 36.5 Å². The highest BCUT2D eigenvalue weighted by Gasteiger charge is 2.24. The molecule has 0 aromatic heterocycles. The lowest BCUT2D eigenvalue weighted by atomic mass is 10.2. The summed E-state index contributed by atoms with van der Waals surface area (Å²) >= 11 is 0. The van der Waals surface area contributed by atoms with Crippen molar-refractivity contribution in [3.8, 4) is 6.07 Å². The second-order valence-electron chi connectivity index (χ2n) is 3.54. The topological polar surface area (TPSA) is 53.3 Å². The van der Waals surface area contributed by atoms with Crippen LogP contribution in [0.15, 0.2) is 11.8 Å². The Balaban J connectivity index is 2.01. The van der Waals surface area contributed by atoms with Gasteiger partial charge in [-0.3, -0.25) is 4.79 Å². The van der Waals surface area contributed by atoms with Gasteiger partial charge in [-0.15, -0.1) is 0 Å². The van der Waals surface area contributed by atoms with E-state index >= 15 is 0 Å². The maximum absolute atomic E-state index is 11.0. The summed E-state index contributed by atoms with van der Waals surface area (Å²) in [7, 11) is 0. The van der Waals surface area contributed by atoms with Gasteiger partial charge in [0, 0.05) is 24.7 Å². The van der Waals surface area contributed by atoms with Crippen LogP contribution < -0.4 is 0 Å². The molecular weight excluding hydrogens is 180 g/mol. The summed E-state index contributed by atoms with van der Waals surface area (Å²) in [5, 5.41) is 8.72. The normalized spacial score (nSPS) is 27.4. The minimum Gasteiger partial charge on any atom is -0.369 e. The first-order valence-electron chi connectivity index (χ1n) is 4.79. The van der Waals surface area contributed by atoms with Gasteiger partial charge >= 0.3 is 0 Å². The number of carbonyl (C=O) groups excluding carboxylic acids is 1. The quantitative estimate of drug-likeness (QED) is 0.605. The van der Waals surface area contributed by atoms with Crippen molar-refractivity contribution in [1.29, 1.82) is 5.26 Å². The standard InChI is InChI=1S/C10H12N2O2/c11-6-10-7-12(3-4-14-10)8-1-2-9(13)5-8/h5,10H,1-4,7H2. The molecule has 14 heavy (non-hydrogen) atoms. The fraction of sp³-hybridized carbons (Fsp3) is 0.600. The Morgan fingerprint density at radius 3 is 3.07 bits per heavy atom. The molecule has 2 aliphatic rings. The molecule has 0 amide bonds. The van der Waals surface area contributed by atoms with E-state index in [9.17, 15) is 4.79 Å². The Labute approximate surface area is 82.7 Å². The lowest BCUT2D eigenvalue weighted by Crippen LogP contribution is -2.40. The van der Waals surface area contributed by atoms with Crippen molar-refractivity contribution in [3.05, 3.63) is 11.8 Å². The summed E-state index contributed by atoms with van der Waals surface area (Å²) in [6, 6.07) is 2.09. The van der Waals surface area contributed by atoms with Crippen LogP contribution in [0.3, 0.4) is 0 Å². The van der Waals surface area contributed by atoms with Gasteiger partial charge in [-0.25, -0.2) is 0 Å². The summed E-state index contributed by atoms with van der Waals surface area (Å²) in [6.07, 6.45) is 2.78. The van der Waals surface area contributed by atoms with Gasteiger partial charge < -0.3 is 9.64 Å². The third-order valence-electron chi connectivity index (χ3n) is 2.57. The van der Waals surface area contributed by atoms with E-state index in [1.54, 1.807) is 6.08 Å². The lowest BCUT2D eigenvalue weighted by Gasteiger charge is -2.32. The minimum atomic E-state index is -0.347. The molecule has 0 bridgehead atoms. The van der Waals surface area contributed by atoms with E-state index in [0.29, 0.717) is 19.6 Å². The van der Waals surface area contributed by atoms with Crippen molar-refractivity contribution in [1.82, 2.24) is 4.90 Å². The molecule has 74 valence electrons. The summed E-state index contributed by atoms with van der Waals surface area (Å²) in [5.74, 6) is 0.194. The number of ketones is 1. The summed E-state index contributed by atoms with van der Waals surface area (Å²) in [6.45, 7) is 1.96. The van der Waals surface area contributed by atoms with Gasteiger partial charge in [0.1, 0.15) is 0 Å². The number of nitrogens with zero attached hydrogens (tertiary/aromatic N) is 2. The van der Waals surface area contributed by atoms with Crippen LogP contribution in [0.4, 0.5) is 0 Å². The Hall–Kier alpha value is -1.34. The van der Waals surface area contributed by atoms with Crippen LogP contribution in [-0.2, 0) is 9.53 Å². The molecule has 0 spiro atoms. The van der Waals surface area contributed by atoms with E-state index < -0.39 is 0 Å². The number of allylic oxidation sites excluding steroid dienone is 2. The van der Waals surface area contributed by atoms with Crippen LogP contribution >= 0.6 is 0 Å². The maximum Gasteiger partial charge on any atom is 0.161 e. The van der Waals surface area contributed by atoms with Crippen LogP contribution in [0.5, 0.6) is 0 Å². The van der Waals surface area contributed by atoms with Gasteiger partial charge in [-0.1, -0.05) is 0 Å². The van der Waals surface area contributed by atoms with Crippen LogP contribution in [0.1, 0.15) is 12.8 Å². The molecule has 1 aliphatic heterocycles. The van der Waals surface area contributed by atoms with E-state index in [1.165, 1.54) is 0 Å². The number of carbonyl (C=O) groups is 1. The van der Waals surface area contributed by atoms with Crippen molar-refractivity contribution < 1.29 is 9.53 Å². The maximum atomic E-state index is 11.0. The first-order chi connectivity index (χ1) is 6.79. The molecule has 0 aromatic carbocycles. The molecule has 0 aromatic rings. The number of rotatable bonds is 1. The van der Waals surface area contributed by atoms with Crippen molar-refractivity contribution in [3.63, 3.8) is 0 Å². The molecule has 4 nitrogen and oxygen atoms in total. The van der Waals surface area contributed by atoms with Gasteiger partial charge in [0.05, 0.1) is 19.2 Å². The number of morpholine rings is 1. The van der Waals surface area contributed by atoms with E-state index in [0.717, 1.165) is 18.7 Å². The van der Waals surface area contributed by atoms with Gasteiger partial charge in [0.15, 0.2) is 11.9 Å². The van der Waals surface area contributed by atoms with E-state index in [2.05, 4.69) is 11.0 Å². The molecule has 1 heterocycles. The van der Waals surface area contributed by atoms with Gasteiger partial charge in [0.25, 0.3) is 0 Å². The fourth-order valence-corrected chi connectivity index (χ4v) is 1.82. The minimum absolute atomic E-state index is 0.194. The van der Waals surface area contributed by atoms with E-state index in [4.69, 9.17) is 10.00 Å². The third kappa shape index (κ3) is 1.78. The molecule has 0 radical (unpaired) electrons. The average Bonchev–Trinajstić information content (AvgIpc) is 2.65. The number of hydrogen-bond donors (Lipinski definition) is 0. The predicted molar refractivity (Wildman–Crippen MR) is 49.3 cm³/mol. The molecule has 0 saturated carbocycles. The van der Waals surface area contributed by atoms with Gasteiger partial charge in [-0.2, -0.15) is 5.26 Å². The molecule has 1 fully saturated rings. The third-order valence-corrected chi connectivity index (χ3v) is 2.57. The van der Waals surface area contributed by atoms with Crippen molar-refractivity contribution in [2.75, 3.05) is 19.7 Å². The first-order valence-corrected chi connectivity index (χ1v) is 4.79. The molecule has 0 N–H and O–H groups in total. The lowest BCUT2D eigenvalue weighted by molar-refractivity contribution is -0.114. The zero-order valence-corrected chi connectivity index (χ0v) is 7.90. The van der Waals surface area contributed by atoms with Crippen LogP contribution in [0.25, 0.3) is 0 Å². The van der Waals surface area contributed by atoms with Gasteiger partial charge in [0.2, 0.25) is 0 Å². The molecule has 1 saturated heterocycles. The first kappa shape index (κ1) is 9.22. The fourth-order valence-electron chi connectivity index (χ4n) is 1.82. The Morgan fingerprint density at radius 2 is 2.43 bits per heavy atom. The SMILES string of the molecule is N#CC1CN(C2=CC(=O)CC2)CCO1. The van der Waals surface area contributed by atoms with E-state index in [-0.39, 0.29) is 11.9 Å². The average molecular weight is 192 g/mol. The molecule has 1 atom stereocenters. The zero-order valence-electron chi connectivity index (χ0n) is 7.90. The van der Waals surface area contributed by atoms with Crippen molar-refractivity contribution in [2.45, 2.75) is 18.9 Å². The van der Waals surface area contributed by atoms with Crippen LogP contribution in [0, 0.1) is 11.3 Å². The van der Waals surface area contributed by atoms with Crippen LogP contribution in [0.2, 0.25) is 0 Å². The summed E-state index contributed by atoms with van der Waals surface area (Å²) in [4.78, 5) is 13.1.